The van der Waals surface area contributed by atoms with E-state index in [1.165, 1.54) is 0 Å². The lowest BCUT2D eigenvalue weighted by Gasteiger charge is -2.12. The molecule has 1 atom stereocenters. The molecule has 0 radical (unpaired) electrons. The van der Waals surface area contributed by atoms with Crippen LogP contribution in [0.4, 0.5) is 0 Å². The summed E-state index contributed by atoms with van der Waals surface area (Å²) in [6, 6.07) is 5.30. The monoisotopic (exact) mass is 313 g/mol. The lowest BCUT2D eigenvalue weighted by atomic mass is 10.1. The van der Waals surface area contributed by atoms with E-state index in [0.29, 0.717) is 28.1 Å². The molecule has 4 nitrogen and oxygen atoms in total. The van der Waals surface area contributed by atoms with Gasteiger partial charge in [0.15, 0.2) is 0 Å². The maximum atomic E-state index is 6.15. The van der Waals surface area contributed by atoms with E-state index in [4.69, 9.17) is 33.7 Å². The number of halogens is 2. The van der Waals surface area contributed by atoms with Gasteiger partial charge in [0.2, 0.25) is 5.88 Å². The van der Waals surface area contributed by atoms with E-state index in [2.05, 4.69) is 5.10 Å². The SMILES string of the molecule is Cc1nn(C)c(Oc2cccc(Cl)c2Cl)c1CC(C)N. The third-order valence-electron chi connectivity index (χ3n) is 2.94. The van der Waals surface area contributed by atoms with Crippen molar-refractivity contribution in [1.29, 1.82) is 0 Å². The number of aromatic nitrogens is 2. The van der Waals surface area contributed by atoms with E-state index in [9.17, 15) is 0 Å². The molecule has 0 saturated carbocycles. The van der Waals surface area contributed by atoms with Crippen LogP contribution in [0, 0.1) is 6.92 Å². The van der Waals surface area contributed by atoms with Gasteiger partial charge in [0.25, 0.3) is 0 Å². The van der Waals surface area contributed by atoms with Crippen LogP contribution in [0.1, 0.15) is 18.2 Å². The second-order valence-electron chi connectivity index (χ2n) is 4.83. The van der Waals surface area contributed by atoms with Crippen molar-refractivity contribution in [1.82, 2.24) is 9.78 Å². The molecule has 20 heavy (non-hydrogen) atoms. The summed E-state index contributed by atoms with van der Waals surface area (Å²) in [5.41, 5.74) is 7.76. The molecule has 1 aromatic carbocycles. The highest BCUT2D eigenvalue weighted by Crippen LogP contribution is 2.36. The van der Waals surface area contributed by atoms with Crippen LogP contribution in [-0.2, 0) is 13.5 Å². The molecule has 0 amide bonds. The number of nitrogens with zero attached hydrogens (tertiary/aromatic N) is 2. The molecule has 1 unspecified atom stereocenters. The zero-order valence-electron chi connectivity index (χ0n) is 11.7. The van der Waals surface area contributed by atoms with Crippen LogP contribution in [0.25, 0.3) is 0 Å². The number of nitrogens with two attached hydrogens (primary N) is 1. The summed E-state index contributed by atoms with van der Waals surface area (Å²) in [7, 11) is 1.82. The molecule has 1 aromatic heterocycles. The van der Waals surface area contributed by atoms with Gasteiger partial charge in [0.1, 0.15) is 10.8 Å². The Morgan fingerprint density at radius 2 is 2.10 bits per heavy atom. The molecule has 0 aliphatic rings. The first-order chi connectivity index (χ1) is 9.40. The van der Waals surface area contributed by atoms with Crippen LogP contribution in [0.2, 0.25) is 10.0 Å². The lowest BCUT2D eigenvalue weighted by molar-refractivity contribution is 0.424. The number of rotatable bonds is 4. The first kappa shape index (κ1) is 15.2. The fourth-order valence-corrected chi connectivity index (χ4v) is 2.36. The van der Waals surface area contributed by atoms with Gasteiger partial charge in [-0.25, -0.2) is 4.68 Å². The summed E-state index contributed by atoms with van der Waals surface area (Å²) >= 11 is 12.1. The van der Waals surface area contributed by atoms with Crippen molar-refractivity contribution in [3.63, 3.8) is 0 Å². The van der Waals surface area contributed by atoms with Gasteiger partial charge in [-0.1, -0.05) is 29.3 Å². The topological polar surface area (TPSA) is 53.1 Å². The van der Waals surface area contributed by atoms with Gasteiger partial charge in [-0.2, -0.15) is 5.10 Å². The van der Waals surface area contributed by atoms with Crippen LogP contribution in [0.3, 0.4) is 0 Å². The molecule has 0 aliphatic carbocycles. The number of aryl methyl sites for hydroxylation is 2. The van der Waals surface area contributed by atoms with Crippen molar-refractivity contribution in [2.24, 2.45) is 12.8 Å². The average Bonchev–Trinajstić information content (AvgIpc) is 2.61. The van der Waals surface area contributed by atoms with Crippen molar-refractivity contribution in [3.05, 3.63) is 39.5 Å². The molecule has 108 valence electrons. The number of benzene rings is 1. The van der Waals surface area contributed by atoms with E-state index in [-0.39, 0.29) is 6.04 Å². The summed E-state index contributed by atoms with van der Waals surface area (Å²) in [5, 5.41) is 5.22. The Labute approximate surface area is 128 Å². The maximum absolute atomic E-state index is 6.15. The van der Waals surface area contributed by atoms with Crippen molar-refractivity contribution >= 4 is 23.2 Å². The average molecular weight is 314 g/mol. The minimum absolute atomic E-state index is 0.0232. The van der Waals surface area contributed by atoms with Gasteiger partial charge in [-0.05, 0) is 32.4 Å². The fraction of sp³-hybridized carbons (Fsp3) is 0.357. The second-order valence-corrected chi connectivity index (χ2v) is 5.61. The van der Waals surface area contributed by atoms with E-state index in [1.807, 2.05) is 20.9 Å². The fourth-order valence-electron chi connectivity index (χ4n) is 2.03. The number of ether oxygens (including phenoxy) is 1. The van der Waals surface area contributed by atoms with E-state index >= 15 is 0 Å². The first-order valence-corrected chi connectivity index (χ1v) is 7.05. The van der Waals surface area contributed by atoms with Crippen LogP contribution < -0.4 is 10.5 Å². The Balaban J connectivity index is 2.40. The van der Waals surface area contributed by atoms with Gasteiger partial charge >= 0.3 is 0 Å². The normalized spacial score (nSPS) is 12.5. The van der Waals surface area contributed by atoms with Gasteiger partial charge in [-0.3, -0.25) is 0 Å². The van der Waals surface area contributed by atoms with Crippen molar-refractivity contribution < 1.29 is 4.74 Å². The molecule has 0 fully saturated rings. The Morgan fingerprint density at radius 1 is 1.40 bits per heavy atom. The molecular weight excluding hydrogens is 297 g/mol. The first-order valence-electron chi connectivity index (χ1n) is 6.30. The molecule has 2 aromatic rings. The summed E-state index contributed by atoms with van der Waals surface area (Å²) in [4.78, 5) is 0. The van der Waals surface area contributed by atoms with Crippen LogP contribution in [0.15, 0.2) is 18.2 Å². The Hall–Kier alpha value is -1.23. The molecule has 0 saturated heterocycles. The highest BCUT2D eigenvalue weighted by molar-refractivity contribution is 6.42. The molecular formula is C14H17Cl2N3O. The largest absolute Gasteiger partial charge is 0.437 e. The Morgan fingerprint density at radius 3 is 2.75 bits per heavy atom. The van der Waals surface area contributed by atoms with Gasteiger partial charge in [0.05, 0.1) is 10.7 Å². The van der Waals surface area contributed by atoms with Crippen LogP contribution >= 0.6 is 23.2 Å². The zero-order chi connectivity index (χ0) is 14.9. The molecule has 0 aliphatic heterocycles. The van der Waals surface area contributed by atoms with Gasteiger partial charge in [-0.15, -0.1) is 0 Å². The third kappa shape index (κ3) is 3.08. The Bertz CT molecular complexity index is 623. The molecule has 2 N–H and O–H groups in total. The standard InChI is InChI=1S/C14H17Cl2N3O/c1-8(17)7-10-9(2)18-19(3)14(10)20-12-6-4-5-11(15)13(12)16/h4-6,8H,7,17H2,1-3H3. The quantitative estimate of drug-likeness (QED) is 0.936. The van der Waals surface area contributed by atoms with Crippen molar-refractivity contribution in [3.8, 4) is 11.6 Å². The molecule has 6 heteroatoms. The maximum Gasteiger partial charge on any atom is 0.221 e. The second kappa shape index (κ2) is 6.04. The summed E-state index contributed by atoms with van der Waals surface area (Å²) in [5.74, 6) is 1.15. The molecule has 1 heterocycles. The smallest absolute Gasteiger partial charge is 0.221 e. The molecule has 0 bridgehead atoms. The number of hydrogen-bond donors (Lipinski definition) is 1. The third-order valence-corrected chi connectivity index (χ3v) is 3.74. The van der Waals surface area contributed by atoms with E-state index in [1.54, 1.807) is 22.9 Å². The minimum Gasteiger partial charge on any atom is -0.437 e. The van der Waals surface area contributed by atoms with E-state index < -0.39 is 0 Å². The summed E-state index contributed by atoms with van der Waals surface area (Å²) in [6.07, 6.45) is 0.688. The summed E-state index contributed by atoms with van der Waals surface area (Å²) in [6.45, 7) is 3.88. The summed E-state index contributed by atoms with van der Waals surface area (Å²) < 4.78 is 7.59. The predicted octanol–water partition coefficient (Wildman–Crippen LogP) is 3.72. The van der Waals surface area contributed by atoms with Crippen LogP contribution in [0.5, 0.6) is 11.6 Å². The van der Waals surface area contributed by atoms with Crippen molar-refractivity contribution in [2.75, 3.05) is 0 Å². The predicted molar refractivity (Wildman–Crippen MR) is 81.8 cm³/mol. The van der Waals surface area contributed by atoms with E-state index in [0.717, 1.165) is 11.3 Å². The van der Waals surface area contributed by atoms with Crippen molar-refractivity contribution in [2.45, 2.75) is 26.3 Å². The highest BCUT2D eigenvalue weighted by atomic mass is 35.5. The van der Waals surface area contributed by atoms with Gasteiger partial charge < -0.3 is 10.5 Å². The molecule has 2 rings (SSSR count). The minimum atomic E-state index is 0.0232. The Kier molecular flexibility index (Phi) is 4.58. The zero-order valence-corrected chi connectivity index (χ0v) is 13.2. The van der Waals surface area contributed by atoms with Crippen LogP contribution in [-0.4, -0.2) is 15.8 Å². The number of hydrogen-bond acceptors (Lipinski definition) is 3. The highest BCUT2D eigenvalue weighted by Gasteiger charge is 2.18. The van der Waals surface area contributed by atoms with Gasteiger partial charge in [0, 0.05) is 18.7 Å². The lowest BCUT2D eigenvalue weighted by Crippen LogP contribution is -2.18. The molecule has 0 spiro atoms.